The summed E-state index contributed by atoms with van der Waals surface area (Å²) >= 11 is 3.38. The highest BCUT2D eigenvalue weighted by molar-refractivity contribution is 9.10. The lowest BCUT2D eigenvalue weighted by atomic mass is 10.1. The fraction of sp³-hybridized carbons (Fsp3) is 0.385. The Kier molecular flexibility index (Phi) is 3.70. The number of aliphatic hydroxyl groups excluding tert-OH is 3. The molecule has 6 nitrogen and oxygen atoms in total. The van der Waals surface area contributed by atoms with Gasteiger partial charge in [-0.2, -0.15) is 0 Å². The Balaban J connectivity index is 1.85. The summed E-state index contributed by atoms with van der Waals surface area (Å²) < 4.78 is 11.8. The summed E-state index contributed by atoms with van der Waals surface area (Å²) in [5.74, 6) is 0.510. The zero-order valence-corrected chi connectivity index (χ0v) is 11.9. The van der Waals surface area contributed by atoms with Gasteiger partial charge in [-0.15, -0.1) is 0 Å². The summed E-state index contributed by atoms with van der Waals surface area (Å²) in [6.45, 7) is -0.377. The molecule has 0 saturated carbocycles. The Morgan fingerprint density at radius 2 is 2.10 bits per heavy atom. The van der Waals surface area contributed by atoms with Crippen LogP contribution in [0.4, 0.5) is 0 Å². The first-order valence-corrected chi connectivity index (χ1v) is 6.95. The second-order valence-corrected chi connectivity index (χ2v) is 5.58. The van der Waals surface area contributed by atoms with Gasteiger partial charge in [-0.25, -0.2) is 0 Å². The van der Waals surface area contributed by atoms with Crippen molar-refractivity contribution < 1.29 is 24.8 Å². The van der Waals surface area contributed by atoms with E-state index in [0.717, 1.165) is 15.4 Å². The van der Waals surface area contributed by atoms with E-state index in [-0.39, 0.29) is 6.61 Å². The van der Waals surface area contributed by atoms with Crippen molar-refractivity contribution in [1.29, 1.82) is 0 Å². The highest BCUT2D eigenvalue weighted by Crippen LogP contribution is 2.31. The Morgan fingerprint density at radius 3 is 2.80 bits per heavy atom. The number of rotatable bonds is 3. The lowest BCUT2D eigenvalue weighted by molar-refractivity contribution is -0.115. The quantitative estimate of drug-likeness (QED) is 0.659. The third-order valence-electron chi connectivity index (χ3n) is 3.35. The number of aromatic nitrogens is 1. The van der Waals surface area contributed by atoms with Crippen LogP contribution in [0, 0.1) is 0 Å². The number of hydrogen-bond acceptors (Lipinski definition) is 5. The molecule has 0 spiro atoms. The minimum absolute atomic E-state index is 0.377. The van der Waals surface area contributed by atoms with Crippen molar-refractivity contribution >= 4 is 26.8 Å². The standard InChI is InChI=1S/C13H14BrNO5/c14-6-1-2-8-7(3-6)9(4-15-8)19-13-12(18)11(17)10(5-16)20-13/h1-4,10-13,15-18H,5H2/t10-,11-,12-,13-/m1/s1. The molecule has 7 heteroatoms. The molecule has 1 aromatic heterocycles. The normalized spacial score (nSPS) is 30.0. The molecule has 2 heterocycles. The van der Waals surface area contributed by atoms with Gasteiger partial charge in [0.05, 0.1) is 6.61 Å². The molecule has 4 atom stereocenters. The molecule has 1 aromatic carbocycles. The predicted molar refractivity (Wildman–Crippen MR) is 74.4 cm³/mol. The number of ether oxygens (including phenoxy) is 2. The predicted octanol–water partition coefficient (Wildman–Crippen LogP) is 0.748. The van der Waals surface area contributed by atoms with Crippen molar-refractivity contribution in [2.24, 2.45) is 0 Å². The minimum atomic E-state index is -1.20. The van der Waals surface area contributed by atoms with Crippen LogP contribution in [0.2, 0.25) is 0 Å². The van der Waals surface area contributed by atoms with E-state index in [4.69, 9.17) is 14.6 Å². The first kappa shape index (κ1) is 13.8. The second-order valence-electron chi connectivity index (χ2n) is 4.67. The summed E-state index contributed by atoms with van der Waals surface area (Å²) in [6, 6.07) is 5.67. The molecule has 0 bridgehead atoms. The maximum Gasteiger partial charge on any atom is 0.229 e. The van der Waals surface area contributed by atoms with Gasteiger partial charge in [-0.3, -0.25) is 0 Å². The molecule has 1 fully saturated rings. The Labute approximate surface area is 123 Å². The zero-order valence-electron chi connectivity index (χ0n) is 10.4. The van der Waals surface area contributed by atoms with Gasteiger partial charge in [0.25, 0.3) is 0 Å². The molecule has 2 aromatic rings. The van der Waals surface area contributed by atoms with Crippen LogP contribution in [0.25, 0.3) is 10.9 Å². The highest BCUT2D eigenvalue weighted by Gasteiger charge is 2.44. The largest absolute Gasteiger partial charge is 0.460 e. The van der Waals surface area contributed by atoms with E-state index in [0.29, 0.717) is 5.75 Å². The molecule has 3 rings (SSSR count). The van der Waals surface area contributed by atoms with Crippen LogP contribution in [0.1, 0.15) is 0 Å². The number of H-pyrrole nitrogens is 1. The van der Waals surface area contributed by atoms with Crippen LogP contribution < -0.4 is 4.74 Å². The number of hydrogen-bond donors (Lipinski definition) is 4. The summed E-state index contributed by atoms with van der Waals surface area (Å²) in [4.78, 5) is 3.05. The number of halogens is 1. The van der Waals surface area contributed by atoms with Crippen LogP contribution in [0.15, 0.2) is 28.9 Å². The van der Waals surface area contributed by atoms with Gasteiger partial charge in [0.2, 0.25) is 6.29 Å². The van der Waals surface area contributed by atoms with E-state index in [1.165, 1.54) is 0 Å². The van der Waals surface area contributed by atoms with Gasteiger partial charge in [-0.05, 0) is 18.2 Å². The van der Waals surface area contributed by atoms with Gasteiger partial charge in [0.15, 0.2) is 0 Å². The topological polar surface area (TPSA) is 94.9 Å². The maximum absolute atomic E-state index is 9.85. The SMILES string of the molecule is OC[C@H]1O[C@@H](Oc2c[nH]c3ccc(Br)cc23)[C@H](O)[C@@H]1O. The lowest BCUT2D eigenvalue weighted by Gasteiger charge is -2.16. The Hall–Kier alpha value is -1.12. The van der Waals surface area contributed by atoms with Gasteiger partial charge in [0.1, 0.15) is 24.1 Å². The Morgan fingerprint density at radius 1 is 1.30 bits per heavy atom. The first-order chi connectivity index (χ1) is 9.60. The molecule has 0 amide bonds. The first-order valence-electron chi connectivity index (χ1n) is 6.16. The zero-order chi connectivity index (χ0) is 14.3. The van der Waals surface area contributed by atoms with E-state index in [1.807, 2.05) is 18.2 Å². The highest BCUT2D eigenvalue weighted by atomic mass is 79.9. The third-order valence-corrected chi connectivity index (χ3v) is 3.84. The van der Waals surface area contributed by atoms with E-state index >= 15 is 0 Å². The number of aromatic amines is 1. The number of nitrogens with one attached hydrogen (secondary N) is 1. The molecule has 0 radical (unpaired) electrons. The van der Waals surface area contributed by atoms with Crippen LogP contribution in [-0.4, -0.2) is 51.5 Å². The molecule has 1 saturated heterocycles. The van der Waals surface area contributed by atoms with E-state index in [9.17, 15) is 10.2 Å². The van der Waals surface area contributed by atoms with Gasteiger partial charge in [-0.1, -0.05) is 15.9 Å². The summed E-state index contributed by atoms with van der Waals surface area (Å²) in [7, 11) is 0. The average Bonchev–Trinajstić information content (AvgIpc) is 2.95. The van der Waals surface area contributed by atoms with Gasteiger partial charge < -0.3 is 29.8 Å². The van der Waals surface area contributed by atoms with Crippen molar-refractivity contribution in [1.82, 2.24) is 4.98 Å². The Bertz CT molecular complexity index is 616. The summed E-state index contributed by atoms with van der Waals surface area (Å²) in [6.07, 6.45) is -2.57. The van der Waals surface area contributed by atoms with Crippen molar-refractivity contribution in [3.05, 3.63) is 28.9 Å². The number of benzene rings is 1. The molecule has 20 heavy (non-hydrogen) atoms. The number of fused-ring (bicyclic) bond motifs is 1. The smallest absolute Gasteiger partial charge is 0.229 e. The number of aliphatic hydroxyl groups is 3. The monoisotopic (exact) mass is 343 g/mol. The van der Waals surface area contributed by atoms with E-state index in [2.05, 4.69) is 20.9 Å². The molecule has 4 N–H and O–H groups in total. The molecular formula is C13H14BrNO5. The summed E-state index contributed by atoms with van der Waals surface area (Å²) in [5.41, 5.74) is 0.884. The molecule has 0 unspecified atom stereocenters. The second kappa shape index (κ2) is 5.34. The average molecular weight is 344 g/mol. The van der Waals surface area contributed by atoms with Crippen LogP contribution in [0.5, 0.6) is 5.75 Å². The van der Waals surface area contributed by atoms with Gasteiger partial charge >= 0.3 is 0 Å². The molecule has 1 aliphatic heterocycles. The molecule has 108 valence electrons. The van der Waals surface area contributed by atoms with Gasteiger partial charge in [0, 0.05) is 21.6 Å². The van der Waals surface area contributed by atoms with E-state index < -0.39 is 24.6 Å². The van der Waals surface area contributed by atoms with Crippen molar-refractivity contribution in [3.8, 4) is 5.75 Å². The molecule has 1 aliphatic rings. The fourth-order valence-electron chi connectivity index (χ4n) is 2.25. The minimum Gasteiger partial charge on any atom is -0.460 e. The van der Waals surface area contributed by atoms with E-state index in [1.54, 1.807) is 6.20 Å². The third kappa shape index (κ3) is 2.32. The summed E-state index contributed by atoms with van der Waals surface area (Å²) in [5, 5.41) is 29.4. The van der Waals surface area contributed by atoms with Crippen LogP contribution in [0.3, 0.4) is 0 Å². The van der Waals surface area contributed by atoms with Crippen molar-refractivity contribution in [2.75, 3.05) is 6.61 Å². The lowest BCUT2D eigenvalue weighted by Crippen LogP contribution is -2.35. The molecular weight excluding hydrogens is 330 g/mol. The maximum atomic E-state index is 9.85. The van der Waals surface area contributed by atoms with Crippen LogP contribution in [-0.2, 0) is 4.74 Å². The van der Waals surface area contributed by atoms with Crippen LogP contribution >= 0.6 is 15.9 Å². The fourth-order valence-corrected chi connectivity index (χ4v) is 2.61. The van der Waals surface area contributed by atoms with Crippen molar-refractivity contribution in [3.63, 3.8) is 0 Å². The van der Waals surface area contributed by atoms with Crippen molar-refractivity contribution in [2.45, 2.75) is 24.6 Å². The molecule has 0 aliphatic carbocycles.